The quantitative estimate of drug-likeness (QED) is 0.747. The van der Waals surface area contributed by atoms with E-state index in [1.54, 1.807) is 0 Å². The molecule has 0 saturated heterocycles. The molecule has 2 aromatic carbocycles. The van der Waals surface area contributed by atoms with Crippen LogP contribution in [0.2, 0.25) is 0 Å². The lowest BCUT2D eigenvalue weighted by Gasteiger charge is -2.06. The van der Waals surface area contributed by atoms with Crippen molar-refractivity contribution < 1.29 is 0 Å². The van der Waals surface area contributed by atoms with Gasteiger partial charge in [0.15, 0.2) is 0 Å². The van der Waals surface area contributed by atoms with E-state index in [1.807, 2.05) is 6.07 Å². The van der Waals surface area contributed by atoms with Gasteiger partial charge in [-0.05, 0) is 23.1 Å². The topological polar surface area (TPSA) is 0 Å². The van der Waals surface area contributed by atoms with Gasteiger partial charge in [-0.25, -0.2) is 0 Å². The minimum absolute atomic E-state index is 0.419. The van der Waals surface area contributed by atoms with E-state index in [4.69, 9.17) is 0 Å². The molecule has 2 rings (SSSR count). The average Bonchev–Trinajstić information content (AvgIpc) is 2.30. The Morgan fingerprint density at radius 2 is 1.44 bits per heavy atom. The van der Waals surface area contributed by atoms with E-state index in [0.29, 0.717) is 5.25 Å². The van der Waals surface area contributed by atoms with Crippen molar-refractivity contribution in [3.8, 4) is 11.1 Å². The van der Waals surface area contributed by atoms with Crippen LogP contribution >= 0.6 is 12.6 Å². The molecule has 0 heterocycles. The minimum atomic E-state index is 0.419. The second-order valence-electron chi connectivity index (χ2n) is 4.12. The number of benzene rings is 2. The Bertz CT molecular complexity index is 429. The summed E-state index contributed by atoms with van der Waals surface area (Å²) in [5.74, 6) is 0. The molecule has 0 aliphatic carbocycles. The fourth-order valence-electron chi connectivity index (χ4n) is 1.80. The molecule has 0 amide bonds. The van der Waals surface area contributed by atoms with Gasteiger partial charge in [0.05, 0.1) is 0 Å². The molecule has 0 radical (unpaired) electrons. The van der Waals surface area contributed by atoms with Gasteiger partial charge in [-0.15, -0.1) is 0 Å². The molecule has 0 aromatic heterocycles. The van der Waals surface area contributed by atoms with Gasteiger partial charge in [-0.3, -0.25) is 0 Å². The molecule has 0 N–H and O–H groups in total. The summed E-state index contributed by atoms with van der Waals surface area (Å²) in [6.07, 6.45) is 1.03. The molecule has 1 unspecified atom stereocenters. The summed E-state index contributed by atoms with van der Waals surface area (Å²) in [4.78, 5) is 0. The molecule has 0 aliphatic heterocycles. The Labute approximate surface area is 103 Å². The van der Waals surface area contributed by atoms with Gasteiger partial charge >= 0.3 is 0 Å². The van der Waals surface area contributed by atoms with Gasteiger partial charge < -0.3 is 0 Å². The first-order chi connectivity index (χ1) is 7.75. The molecule has 0 nitrogen and oxygen atoms in total. The van der Waals surface area contributed by atoms with Crippen LogP contribution in [0, 0.1) is 0 Å². The molecule has 1 heteroatoms. The third-order valence-corrected chi connectivity index (χ3v) is 2.77. The monoisotopic (exact) mass is 228 g/mol. The third kappa shape index (κ3) is 2.89. The zero-order chi connectivity index (χ0) is 11.4. The molecule has 0 spiro atoms. The number of hydrogen-bond acceptors (Lipinski definition) is 1. The number of rotatable bonds is 3. The summed E-state index contributed by atoms with van der Waals surface area (Å²) in [6, 6.07) is 19.2. The van der Waals surface area contributed by atoms with Gasteiger partial charge in [-0.1, -0.05) is 61.5 Å². The molecule has 16 heavy (non-hydrogen) atoms. The first-order valence-electron chi connectivity index (χ1n) is 5.58. The van der Waals surface area contributed by atoms with E-state index < -0.39 is 0 Å². The first kappa shape index (κ1) is 11.3. The fraction of sp³-hybridized carbons (Fsp3) is 0.200. The van der Waals surface area contributed by atoms with E-state index >= 15 is 0 Å². The highest BCUT2D eigenvalue weighted by Crippen LogP contribution is 2.20. The van der Waals surface area contributed by atoms with E-state index in [-0.39, 0.29) is 0 Å². The van der Waals surface area contributed by atoms with Crippen LogP contribution in [-0.4, -0.2) is 5.25 Å². The van der Waals surface area contributed by atoms with Crippen molar-refractivity contribution in [2.75, 3.05) is 0 Å². The predicted molar refractivity (Wildman–Crippen MR) is 74.0 cm³/mol. The lowest BCUT2D eigenvalue weighted by Crippen LogP contribution is -1.96. The van der Waals surface area contributed by atoms with Crippen LogP contribution in [-0.2, 0) is 6.42 Å². The van der Waals surface area contributed by atoms with Crippen LogP contribution < -0.4 is 0 Å². The molecule has 82 valence electrons. The summed E-state index contributed by atoms with van der Waals surface area (Å²) >= 11 is 4.41. The Hall–Kier alpha value is -1.21. The molecule has 0 saturated carbocycles. The van der Waals surface area contributed by atoms with Gasteiger partial charge in [0.2, 0.25) is 0 Å². The maximum atomic E-state index is 4.41. The average molecular weight is 228 g/mol. The molecule has 0 bridgehead atoms. The van der Waals surface area contributed by atoms with Crippen molar-refractivity contribution in [3.05, 3.63) is 60.2 Å². The standard InChI is InChI=1S/C15H16S/c1-12(16)11-13-7-9-15(10-8-13)14-5-3-2-4-6-14/h2-10,12,16H,11H2,1H3. The van der Waals surface area contributed by atoms with Crippen LogP contribution in [0.3, 0.4) is 0 Å². The van der Waals surface area contributed by atoms with Crippen molar-refractivity contribution in [2.45, 2.75) is 18.6 Å². The van der Waals surface area contributed by atoms with Crippen molar-refractivity contribution in [3.63, 3.8) is 0 Å². The Morgan fingerprint density at radius 1 is 0.875 bits per heavy atom. The van der Waals surface area contributed by atoms with Gasteiger partial charge in [0.1, 0.15) is 0 Å². The van der Waals surface area contributed by atoms with E-state index in [1.165, 1.54) is 16.7 Å². The van der Waals surface area contributed by atoms with Crippen molar-refractivity contribution in [2.24, 2.45) is 0 Å². The summed E-state index contributed by atoms with van der Waals surface area (Å²) < 4.78 is 0. The summed E-state index contributed by atoms with van der Waals surface area (Å²) in [5, 5.41) is 0.419. The fourth-order valence-corrected chi connectivity index (χ4v) is 2.02. The SMILES string of the molecule is CC(S)Cc1ccc(-c2ccccc2)cc1. The van der Waals surface area contributed by atoms with Crippen LogP contribution in [0.5, 0.6) is 0 Å². The van der Waals surface area contributed by atoms with Gasteiger partial charge in [-0.2, -0.15) is 12.6 Å². The molecule has 2 aromatic rings. The maximum absolute atomic E-state index is 4.41. The van der Waals surface area contributed by atoms with Crippen molar-refractivity contribution in [1.29, 1.82) is 0 Å². The third-order valence-electron chi connectivity index (χ3n) is 2.59. The smallest absolute Gasteiger partial charge is 0.00288 e. The zero-order valence-corrected chi connectivity index (χ0v) is 10.3. The van der Waals surface area contributed by atoms with Gasteiger partial charge in [0.25, 0.3) is 0 Å². The summed E-state index contributed by atoms with van der Waals surface area (Å²) in [5.41, 5.74) is 3.89. The molecule has 0 aliphatic rings. The lowest BCUT2D eigenvalue weighted by atomic mass is 10.0. The maximum Gasteiger partial charge on any atom is 0.00288 e. The van der Waals surface area contributed by atoms with E-state index in [0.717, 1.165) is 6.42 Å². The molecular formula is C15H16S. The summed E-state index contributed by atoms with van der Waals surface area (Å²) in [7, 11) is 0. The number of hydrogen-bond donors (Lipinski definition) is 1. The number of thiol groups is 1. The Balaban J connectivity index is 2.20. The van der Waals surface area contributed by atoms with Crippen LogP contribution in [0.15, 0.2) is 54.6 Å². The normalized spacial score (nSPS) is 12.4. The Kier molecular flexibility index (Phi) is 3.68. The van der Waals surface area contributed by atoms with Gasteiger partial charge in [0, 0.05) is 5.25 Å². The zero-order valence-electron chi connectivity index (χ0n) is 9.43. The molecular weight excluding hydrogens is 212 g/mol. The highest BCUT2D eigenvalue weighted by molar-refractivity contribution is 7.80. The van der Waals surface area contributed by atoms with Crippen LogP contribution in [0.1, 0.15) is 12.5 Å². The van der Waals surface area contributed by atoms with Crippen molar-refractivity contribution >= 4 is 12.6 Å². The highest BCUT2D eigenvalue weighted by Gasteiger charge is 1.99. The largest absolute Gasteiger partial charge is 0.176 e. The lowest BCUT2D eigenvalue weighted by molar-refractivity contribution is 0.951. The molecule has 0 fully saturated rings. The van der Waals surface area contributed by atoms with Crippen LogP contribution in [0.25, 0.3) is 11.1 Å². The first-order valence-corrected chi connectivity index (χ1v) is 6.10. The highest BCUT2D eigenvalue weighted by atomic mass is 32.1. The Morgan fingerprint density at radius 3 is 2.00 bits per heavy atom. The predicted octanol–water partition coefficient (Wildman–Crippen LogP) is 4.21. The molecule has 1 atom stereocenters. The summed E-state index contributed by atoms with van der Waals surface area (Å²) in [6.45, 7) is 2.12. The minimum Gasteiger partial charge on any atom is -0.176 e. The second-order valence-corrected chi connectivity index (χ2v) is 5.00. The van der Waals surface area contributed by atoms with E-state index in [2.05, 4.69) is 68.1 Å². The second kappa shape index (κ2) is 5.22. The van der Waals surface area contributed by atoms with E-state index in [9.17, 15) is 0 Å². The van der Waals surface area contributed by atoms with Crippen molar-refractivity contribution in [1.82, 2.24) is 0 Å². The van der Waals surface area contributed by atoms with Crippen LogP contribution in [0.4, 0.5) is 0 Å².